The summed E-state index contributed by atoms with van der Waals surface area (Å²) < 4.78 is 5.07. The SMILES string of the molecule is CC(C)(C)OC(=O)NCc1cc(Cl)cc(C=O)n1. The van der Waals surface area contributed by atoms with Crippen LogP contribution < -0.4 is 5.32 Å². The van der Waals surface area contributed by atoms with E-state index in [9.17, 15) is 9.59 Å². The van der Waals surface area contributed by atoms with Crippen LogP contribution in [0.1, 0.15) is 37.0 Å². The lowest BCUT2D eigenvalue weighted by Crippen LogP contribution is -2.32. The second-order valence-corrected chi connectivity index (χ2v) is 5.11. The topological polar surface area (TPSA) is 68.3 Å². The Morgan fingerprint density at radius 1 is 1.50 bits per heavy atom. The minimum atomic E-state index is -0.556. The number of pyridine rings is 1. The molecule has 0 unspecified atom stereocenters. The number of aromatic nitrogens is 1. The van der Waals surface area contributed by atoms with E-state index in [0.29, 0.717) is 17.0 Å². The molecule has 1 amide bonds. The number of halogens is 1. The zero-order valence-corrected chi connectivity index (χ0v) is 11.2. The van der Waals surface area contributed by atoms with E-state index >= 15 is 0 Å². The molecule has 1 N–H and O–H groups in total. The molecule has 1 aromatic heterocycles. The van der Waals surface area contributed by atoms with Gasteiger partial charge in [-0.05, 0) is 32.9 Å². The fourth-order valence-corrected chi connectivity index (χ4v) is 1.44. The average Bonchev–Trinajstić information content (AvgIpc) is 2.23. The van der Waals surface area contributed by atoms with Gasteiger partial charge in [0, 0.05) is 5.02 Å². The van der Waals surface area contributed by atoms with Gasteiger partial charge in [-0.3, -0.25) is 4.79 Å². The highest BCUT2D eigenvalue weighted by Gasteiger charge is 2.15. The van der Waals surface area contributed by atoms with E-state index in [1.807, 2.05) is 0 Å². The third-order valence-electron chi connectivity index (χ3n) is 1.80. The summed E-state index contributed by atoms with van der Waals surface area (Å²) in [4.78, 5) is 26.0. The van der Waals surface area contributed by atoms with Crippen molar-refractivity contribution in [2.75, 3.05) is 0 Å². The molecule has 0 bridgehead atoms. The van der Waals surface area contributed by atoms with Crippen LogP contribution in [0.5, 0.6) is 0 Å². The molecule has 0 saturated heterocycles. The van der Waals surface area contributed by atoms with E-state index in [2.05, 4.69) is 10.3 Å². The van der Waals surface area contributed by atoms with E-state index in [1.54, 1.807) is 26.8 Å². The van der Waals surface area contributed by atoms with Gasteiger partial charge in [0.15, 0.2) is 6.29 Å². The monoisotopic (exact) mass is 270 g/mol. The normalized spacial score (nSPS) is 10.9. The average molecular weight is 271 g/mol. The fourth-order valence-electron chi connectivity index (χ4n) is 1.20. The Morgan fingerprint density at radius 3 is 2.72 bits per heavy atom. The van der Waals surface area contributed by atoms with Gasteiger partial charge in [0.25, 0.3) is 0 Å². The van der Waals surface area contributed by atoms with Gasteiger partial charge in [-0.15, -0.1) is 0 Å². The van der Waals surface area contributed by atoms with E-state index in [-0.39, 0.29) is 12.2 Å². The maximum atomic E-state index is 11.4. The number of carbonyl (C=O) groups excluding carboxylic acids is 2. The van der Waals surface area contributed by atoms with Crippen molar-refractivity contribution in [1.82, 2.24) is 10.3 Å². The van der Waals surface area contributed by atoms with Crippen molar-refractivity contribution >= 4 is 24.0 Å². The Morgan fingerprint density at radius 2 is 2.17 bits per heavy atom. The maximum absolute atomic E-state index is 11.4. The second kappa shape index (κ2) is 5.82. The first-order valence-electron chi connectivity index (χ1n) is 5.38. The highest BCUT2D eigenvalue weighted by Crippen LogP contribution is 2.11. The lowest BCUT2D eigenvalue weighted by molar-refractivity contribution is 0.0523. The lowest BCUT2D eigenvalue weighted by Gasteiger charge is -2.19. The summed E-state index contributed by atoms with van der Waals surface area (Å²) in [7, 11) is 0. The van der Waals surface area contributed by atoms with Crippen molar-refractivity contribution in [1.29, 1.82) is 0 Å². The summed E-state index contributed by atoms with van der Waals surface area (Å²) in [5.74, 6) is 0. The van der Waals surface area contributed by atoms with Gasteiger partial charge in [-0.25, -0.2) is 9.78 Å². The Kier molecular flexibility index (Phi) is 4.67. The standard InChI is InChI=1S/C12H15ClN2O3/c1-12(2,3)18-11(17)14-6-9-4-8(13)5-10(7-16)15-9/h4-5,7H,6H2,1-3H3,(H,14,17). The molecule has 6 heteroatoms. The molecule has 0 aliphatic carbocycles. The van der Waals surface area contributed by atoms with Gasteiger partial charge < -0.3 is 10.1 Å². The Bertz CT molecular complexity index is 455. The summed E-state index contributed by atoms with van der Waals surface area (Å²) in [5, 5.41) is 2.93. The van der Waals surface area contributed by atoms with Crippen LogP contribution >= 0.6 is 11.6 Å². The number of nitrogens with one attached hydrogen (secondary N) is 1. The van der Waals surface area contributed by atoms with E-state index in [0.717, 1.165) is 0 Å². The molecule has 0 saturated carbocycles. The van der Waals surface area contributed by atoms with E-state index < -0.39 is 11.7 Å². The third-order valence-corrected chi connectivity index (χ3v) is 2.01. The maximum Gasteiger partial charge on any atom is 0.407 e. The number of nitrogens with zero attached hydrogens (tertiary/aromatic N) is 1. The number of carbonyl (C=O) groups is 2. The van der Waals surface area contributed by atoms with Gasteiger partial charge in [0.2, 0.25) is 0 Å². The minimum absolute atomic E-state index is 0.149. The zero-order valence-electron chi connectivity index (χ0n) is 10.5. The summed E-state index contributed by atoms with van der Waals surface area (Å²) in [6, 6.07) is 3.03. The largest absolute Gasteiger partial charge is 0.444 e. The van der Waals surface area contributed by atoms with Crippen molar-refractivity contribution in [3.63, 3.8) is 0 Å². The van der Waals surface area contributed by atoms with Crippen LogP contribution in [0.25, 0.3) is 0 Å². The lowest BCUT2D eigenvalue weighted by atomic mass is 10.2. The molecule has 98 valence electrons. The van der Waals surface area contributed by atoms with Gasteiger partial charge in [-0.1, -0.05) is 11.6 Å². The van der Waals surface area contributed by atoms with E-state index in [4.69, 9.17) is 16.3 Å². The molecule has 1 aromatic rings. The van der Waals surface area contributed by atoms with E-state index in [1.165, 1.54) is 6.07 Å². The number of ether oxygens (including phenoxy) is 1. The molecule has 0 aromatic carbocycles. The van der Waals surface area contributed by atoms with Crippen LogP contribution in [0.4, 0.5) is 4.79 Å². The molecule has 0 fully saturated rings. The number of hydrogen-bond acceptors (Lipinski definition) is 4. The first-order chi connectivity index (χ1) is 8.30. The predicted octanol–water partition coefficient (Wildman–Crippen LogP) is 2.57. The van der Waals surface area contributed by atoms with Gasteiger partial charge >= 0.3 is 6.09 Å². The third kappa shape index (κ3) is 5.14. The highest BCUT2D eigenvalue weighted by molar-refractivity contribution is 6.30. The number of alkyl carbamates (subject to hydrolysis) is 1. The highest BCUT2D eigenvalue weighted by atomic mass is 35.5. The molecule has 1 rings (SSSR count). The zero-order chi connectivity index (χ0) is 13.8. The number of hydrogen-bond donors (Lipinski definition) is 1. The van der Waals surface area contributed by atoms with Gasteiger partial charge in [-0.2, -0.15) is 0 Å². The molecular formula is C12H15ClN2O3. The molecule has 0 aliphatic heterocycles. The Labute approximate surface area is 110 Å². The van der Waals surface area contributed by atoms with Crippen molar-refractivity contribution in [2.45, 2.75) is 32.9 Å². The minimum Gasteiger partial charge on any atom is -0.444 e. The number of aldehydes is 1. The fraction of sp³-hybridized carbons (Fsp3) is 0.417. The predicted molar refractivity (Wildman–Crippen MR) is 67.7 cm³/mol. The molecule has 0 radical (unpaired) electrons. The summed E-state index contributed by atoms with van der Waals surface area (Å²) in [5.41, 5.74) is 0.165. The number of amides is 1. The van der Waals surface area contributed by atoms with Crippen LogP contribution in [0.3, 0.4) is 0 Å². The first-order valence-corrected chi connectivity index (χ1v) is 5.76. The second-order valence-electron chi connectivity index (χ2n) is 4.67. The quantitative estimate of drug-likeness (QED) is 0.857. The van der Waals surface area contributed by atoms with Crippen molar-refractivity contribution < 1.29 is 14.3 Å². The smallest absolute Gasteiger partial charge is 0.407 e. The molecule has 0 aliphatic rings. The van der Waals surface area contributed by atoms with Gasteiger partial charge in [0.1, 0.15) is 11.3 Å². The summed E-state index contributed by atoms with van der Waals surface area (Å²) in [6.45, 7) is 5.47. The number of rotatable bonds is 3. The molecule has 0 atom stereocenters. The molecule has 18 heavy (non-hydrogen) atoms. The van der Waals surface area contributed by atoms with Crippen LogP contribution in [-0.4, -0.2) is 23.0 Å². The summed E-state index contributed by atoms with van der Waals surface area (Å²) >= 11 is 5.81. The van der Waals surface area contributed by atoms with Crippen molar-refractivity contribution in [3.8, 4) is 0 Å². The van der Waals surface area contributed by atoms with Crippen LogP contribution in [-0.2, 0) is 11.3 Å². The molecule has 0 spiro atoms. The van der Waals surface area contributed by atoms with Crippen LogP contribution in [0.15, 0.2) is 12.1 Å². The molecule has 1 heterocycles. The van der Waals surface area contributed by atoms with Crippen molar-refractivity contribution in [3.05, 3.63) is 28.5 Å². The Hall–Kier alpha value is -1.62. The Balaban J connectivity index is 2.61. The van der Waals surface area contributed by atoms with Gasteiger partial charge in [0.05, 0.1) is 12.2 Å². The summed E-state index contributed by atoms with van der Waals surface area (Å²) in [6.07, 6.45) is 0.0555. The van der Waals surface area contributed by atoms with Crippen LogP contribution in [0.2, 0.25) is 5.02 Å². The molecule has 5 nitrogen and oxygen atoms in total. The molecular weight excluding hydrogens is 256 g/mol. The van der Waals surface area contributed by atoms with Crippen molar-refractivity contribution in [2.24, 2.45) is 0 Å². The van der Waals surface area contributed by atoms with Crippen LogP contribution in [0, 0.1) is 0 Å². The first kappa shape index (κ1) is 14.4.